The second-order valence-corrected chi connectivity index (χ2v) is 4.38. The van der Waals surface area contributed by atoms with Gasteiger partial charge in [-0.25, -0.2) is 4.79 Å². The fraction of sp³-hybridized carbons (Fsp3) is 0.286. The van der Waals surface area contributed by atoms with Crippen LogP contribution in [0.2, 0.25) is 0 Å². The van der Waals surface area contributed by atoms with Crippen LogP contribution < -0.4 is 10.4 Å². The third-order valence-electron chi connectivity index (χ3n) is 3.30. The van der Waals surface area contributed by atoms with Crippen molar-refractivity contribution in [2.24, 2.45) is 0 Å². The Kier molecular flexibility index (Phi) is 2.44. The van der Waals surface area contributed by atoms with Gasteiger partial charge in [0.15, 0.2) is 5.78 Å². The first-order chi connectivity index (χ1) is 8.70. The maximum absolute atomic E-state index is 12.0. The Morgan fingerprint density at radius 1 is 1.17 bits per heavy atom. The zero-order chi connectivity index (χ0) is 12.7. The highest BCUT2D eigenvalue weighted by Crippen LogP contribution is 2.28. The molecule has 0 amide bonds. The molecule has 0 atom stereocenters. The Labute approximate surface area is 103 Å². The fourth-order valence-corrected chi connectivity index (χ4v) is 2.42. The molecule has 3 rings (SSSR count). The van der Waals surface area contributed by atoms with E-state index in [1.807, 2.05) is 0 Å². The molecule has 1 aromatic heterocycles. The van der Waals surface area contributed by atoms with Crippen LogP contribution in [-0.2, 0) is 6.42 Å². The highest BCUT2D eigenvalue weighted by Gasteiger charge is 2.23. The quantitative estimate of drug-likeness (QED) is 0.772. The number of ether oxygens (including phenoxy) is 1. The van der Waals surface area contributed by atoms with Gasteiger partial charge in [-0.1, -0.05) is 0 Å². The predicted octanol–water partition coefficient (Wildman–Crippen LogP) is 2.32. The Morgan fingerprint density at radius 2 is 2.00 bits per heavy atom. The average molecular weight is 244 g/mol. The zero-order valence-corrected chi connectivity index (χ0v) is 9.99. The Hall–Kier alpha value is -2.10. The first kappa shape index (κ1) is 11.0. The second-order valence-electron chi connectivity index (χ2n) is 4.38. The highest BCUT2D eigenvalue weighted by atomic mass is 16.5. The van der Waals surface area contributed by atoms with Crippen LogP contribution in [0.15, 0.2) is 27.4 Å². The molecular weight excluding hydrogens is 232 g/mol. The molecule has 0 fully saturated rings. The van der Waals surface area contributed by atoms with E-state index in [-0.39, 0.29) is 5.78 Å². The highest BCUT2D eigenvalue weighted by molar-refractivity contribution is 6.09. The van der Waals surface area contributed by atoms with E-state index in [9.17, 15) is 9.59 Å². The van der Waals surface area contributed by atoms with E-state index in [1.54, 1.807) is 18.2 Å². The zero-order valence-electron chi connectivity index (χ0n) is 9.99. The summed E-state index contributed by atoms with van der Waals surface area (Å²) >= 11 is 0. The van der Waals surface area contributed by atoms with E-state index in [2.05, 4.69) is 0 Å². The molecule has 4 nitrogen and oxygen atoms in total. The third-order valence-corrected chi connectivity index (χ3v) is 3.30. The number of carbonyl (C=O) groups is 1. The van der Waals surface area contributed by atoms with Gasteiger partial charge in [0.2, 0.25) is 0 Å². The molecule has 18 heavy (non-hydrogen) atoms. The SMILES string of the molecule is COc1ccc2c3c(oc(=O)c2c1)CCCC3=O. The van der Waals surface area contributed by atoms with Gasteiger partial charge in [0.05, 0.1) is 18.1 Å². The molecule has 0 spiro atoms. The Balaban J connectivity index is 2.41. The molecule has 1 aliphatic carbocycles. The van der Waals surface area contributed by atoms with Crippen molar-refractivity contribution in [1.82, 2.24) is 0 Å². The minimum atomic E-state index is -0.405. The minimum Gasteiger partial charge on any atom is -0.497 e. The molecule has 0 saturated heterocycles. The lowest BCUT2D eigenvalue weighted by molar-refractivity contribution is 0.0968. The van der Waals surface area contributed by atoms with Crippen LogP contribution >= 0.6 is 0 Å². The Morgan fingerprint density at radius 3 is 2.78 bits per heavy atom. The van der Waals surface area contributed by atoms with Gasteiger partial charge in [-0.05, 0) is 24.6 Å². The van der Waals surface area contributed by atoms with E-state index in [1.165, 1.54) is 7.11 Å². The molecule has 1 heterocycles. The summed E-state index contributed by atoms with van der Waals surface area (Å²) < 4.78 is 10.3. The van der Waals surface area contributed by atoms with Gasteiger partial charge in [-0.3, -0.25) is 4.79 Å². The van der Waals surface area contributed by atoms with Crippen molar-refractivity contribution in [2.45, 2.75) is 19.3 Å². The molecule has 1 aromatic carbocycles. The van der Waals surface area contributed by atoms with Crippen LogP contribution in [0.5, 0.6) is 5.75 Å². The van der Waals surface area contributed by atoms with Gasteiger partial charge in [0, 0.05) is 18.2 Å². The average Bonchev–Trinajstić information content (AvgIpc) is 2.38. The predicted molar refractivity (Wildman–Crippen MR) is 66.3 cm³/mol. The molecule has 4 heteroatoms. The summed E-state index contributed by atoms with van der Waals surface area (Å²) in [6, 6.07) is 5.13. The van der Waals surface area contributed by atoms with E-state index in [0.29, 0.717) is 40.7 Å². The molecular formula is C14H12O4. The topological polar surface area (TPSA) is 56.5 Å². The van der Waals surface area contributed by atoms with Crippen molar-refractivity contribution < 1.29 is 13.9 Å². The Bertz CT molecular complexity index is 697. The summed E-state index contributed by atoms with van der Waals surface area (Å²) in [5.74, 6) is 1.15. The van der Waals surface area contributed by atoms with Gasteiger partial charge in [0.1, 0.15) is 11.5 Å². The van der Waals surface area contributed by atoms with Crippen LogP contribution in [-0.4, -0.2) is 12.9 Å². The number of methoxy groups -OCH3 is 1. The molecule has 0 unspecified atom stereocenters. The smallest absolute Gasteiger partial charge is 0.344 e. The maximum atomic E-state index is 12.0. The first-order valence-electron chi connectivity index (χ1n) is 5.87. The fourth-order valence-electron chi connectivity index (χ4n) is 2.42. The molecule has 0 N–H and O–H groups in total. The molecule has 2 aromatic rings. The lowest BCUT2D eigenvalue weighted by Crippen LogP contribution is -2.15. The van der Waals surface area contributed by atoms with E-state index in [4.69, 9.17) is 9.15 Å². The van der Waals surface area contributed by atoms with E-state index < -0.39 is 5.63 Å². The maximum Gasteiger partial charge on any atom is 0.344 e. The first-order valence-corrected chi connectivity index (χ1v) is 5.87. The minimum absolute atomic E-state index is 0.0511. The molecule has 0 bridgehead atoms. The van der Waals surface area contributed by atoms with Crippen molar-refractivity contribution in [3.8, 4) is 5.75 Å². The molecule has 1 aliphatic rings. The summed E-state index contributed by atoms with van der Waals surface area (Å²) in [7, 11) is 1.53. The standard InChI is InChI=1S/C14H12O4/c1-17-8-5-6-9-10(7-8)14(16)18-12-4-2-3-11(15)13(9)12/h5-7H,2-4H2,1H3. The van der Waals surface area contributed by atoms with Gasteiger partial charge in [-0.2, -0.15) is 0 Å². The van der Waals surface area contributed by atoms with Crippen molar-refractivity contribution >= 4 is 16.6 Å². The van der Waals surface area contributed by atoms with E-state index >= 15 is 0 Å². The normalized spacial score (nSPS) is 14.6. The van der Waals surface area contributed by atoms with Crippen molar-refractivity contribution in [1.29, 1.82) is 0 Å². The second kappa shape index (κ2) is 3.98. The van der Waals surface area contributed by atoms with Crippen LogP contribution in [0.1, 0.15) is 29.0 Å². The van der Waals surface area contributed by atoms with Crippen molar-refractivity contribution in [3.05, 3.63) is 39.9 Å². The lowest BCUT2D eigenvalue weighted by Gasteiger charge is -2.15. The number of aryl methyl sites for hydroxylation is 1. The summed E-state index contributed by atoms with van der Waals surface area (Å²) in [6.07, 6.45) is 1.91. The number of benzene rings is 1. The van der Waals surface area contributed by atoms with Gasteiger partial charge in [-0.15, -0.1) is 0 Å². The number of carbonyl (C=O) groups excluding carboxylic acids is 1. The largest absolute Gasteiger partial charge is 0.497 e. The molecule has 0 aliphatic heterocycles. The lowest BCUT2D eigenvalue weighted by atomic mass is 9.92. The number of ketones is 1. The number of Topliss-reactive ketones (excluding diaryl/α,β-unsaturated/α-hetero) is 1. The van der Waals surface area contributed by atoms with Gasteiger partial charge < -0.3 is 9.15 Å². The summed E-state index contributed by atoms with van der Waals surface area (Å²) in [4.78, 5) is 23.9. The molecule has 0 saturated carbocycles. The third kappa shape index (κ3) is 1.53. The van der Waals surface area contributed by atoms with Gasteiger partial charge in [0.25, 0.3) is 0 Å². The van der Waals surface area contributed by atoms with Crippen molar-refractivity contribution in [2.75, 3.05) is 7.11 Å². The number of rotatable bonds is 1. The van der Waals surface area contributed by atoms with E-state index in [0.717, 1.165) is 6.42 Å². The number of fused-ring (bicyclic) bond motifs is 3. The summed E-state index contributed by atoms with van der Waals surface area (Å²) in [5, 5.41) is 1.08. The van der Waals surface area contributed by atoms with Crippen LogP contribution in [0.25, 0.3) is 10.8 Å². The monoisotopic (exact) mass is 244 g/mol. The summed E-state index contributed by atoms with van der Waals surface area (Å²) in [5.41, 5.74) is 0.163. The van der Waals surface area contributed by atoms with Crippen molar-refractivity contribution in [3.63, 3.8) is 0 Å². The number of hydrogen-bond donors (Lipinski definition) is 0. The molecule has 0 radical (unpaired) electrons. The van der Waals surface area contributed by atoms with Crippen LogP contribution in [0, 0.1) is 0 Å². The molecule has 92 valence electrons. The van der Waals surface area contributed by atoms with Crippen LogP contribution in [0.3, 0.4) is 0 Å². The number of hydrogen-bond acceptors (Lipinski definition) is 4. The van der Waals surface area contributed by atoms with Gasteiger partial charge >= 0.3 is 5.63 Å². The summed E-state index contributed by atoms with van der Waals surface area (Å²) in [6.45, 7) is 0. The van der Waals surface area contributed by atoms with Crippen LogP contribution in [0.4, 0.5) is 0 Å².